The van der Waals surface area contributed by atoms with Crippen LogP contribution < -0.4 is 0 Å². The normalized spacial score (nSPS) is 13.6. The number of ketones is 1. The van der Waals surface area contributed by atoms with Crippen molar-refractivity contribution in [1.82, 2.24) is 0 Å². The molecule has 0 amide bonds. The average Bonchev–Trinajstić information content (AvgIpc) is 2.00. The minimum atomic E-state index is -0.828. The van der Waals surface area contributed by atoms with Crippen LogP contribution in [0.2, 0.25) is 0 Å². The first-order chi connectivity index (χ1) is 6.79. The van der Waals surface area contributed by atoms with Crippen molar-refractivity contribution in [2.75, 3.05) is 0 Å². The van der Waals surface area contributed by atoms with Gasteiger partial charge in [0.25, 0.3) is 0 Å². The number of carbonyl (C=O) groups excluding carboxylic acids is 2. The van der Waals surface area contributed by atoms with Gasteiger partial charge in [-0.15, -0.1) is 0 Å². The topological polar surface area (TPSA) is 43.4 Å². The van der Waals surface area contributed by atoms with E-state index in [4.69, 9.17) is 4.74 Å². The molecule has 0 radical (unpaired) electrons. The molecule has 0 saturated heterocycles. The van der Waals surface area contributed by atoms with Crippen molar-refractivity contribution < 1.29 is 14.3 Å². The van der Waals surface area contributed by atoms with Gasteiger partial charge in [0, 0.05) is 0 Å². The Morgan fingerprint density at radius 3 is 2.20 bits per heavy atom. The van der Waals surface area contributed by atoms with E-state index in [1.165, 1.54) is 13.0 Å². The molecule has 84 valence electrons. The minimum absolute atomic E-state index is 0.194. The maximum Gasteiger partial charge on any atom is 0.314 e. The predicted octanol–water partition coefficient (Wildman–Crippen LogP) is 2.42. The lowest BCUT2D eigenvalue weighted by atomic mass is 10.0. The summed E-state index contributed by atoms with van der Waals surface area (Å²) in [6.07, 6.45) is 3.14. The lowest BCUT2D eigenvalue weighted by Gasteiger charge is -2.22. The summed E-state index contributed by atoms with van der Waals surface area (Å²) in [5, 5.41) is 0. The summed E-state index contributed by atoms with van der Waals surface area (Å²) in [5.74, 6) is -0.731. The zero-order valence-corrected chi connectivity index (χ0v) is 9.79. The van der Waals surface area contributed by atoms with Crippen molar-refractivity contribution >= 4 is 11.8 Å². The highest BCUT2D eigenvalue weighted by atomic mass is 16.6. The van der Waals surface area contributed by atoms with E-state index >= 15 is 0 Å². The molecule has 0 aromatic rings. The van der Waals surface area contributed by atoms with Crippen LogP contribution in [-0.2, 0) is 14.3 Å². The first-order valence-electron chi connectivity index (χ1n) is 4.80. The molecule has 0 aromatic heterocycles. The molecule has 0 rings (SSSR count). The number of Topliss-reactive ketones (excluding diaryl/α,β-unsaturated/α-hetero) is 1. The molecule has 0 aliphatic carbocycles. The Kier molecular flexibility index (Phi) is 4.98. The van der Waals surface area contributed by atoms with Crippen molar-refractivity contribution in [3.05, 3.63) is 24.3 Å². The van der Waals surface area contributed by atoms with E-state index in [9.17, 15) is 9.59 Å². The highest BCUT2D eigenvalue weighted by Gasteiger charge is 2.22. The van der Waals surface area contributed by atoms with Gasteiger partial charge in [0.15, 0.2) is 0 Å². The van der Waals surface area contributed by atoms with Gasteiger partial charge in [0.2, 0.25) is 0 Å². The summed E-state index contributed by atoms with van der Waals surface area (Å²) < 4.78 is 5.15. The fourth-order valence-electron chi connectivity index (χ4n) is 1.19. The third kappa shape index (κ3) is 5.83. The van der Waals surface area contributed by atoms with Crippen LogP contribution in [0, 0.1) is 0 Å². The van der Waals surface area contributed by atoms with Crippen LogP contribution in [0.15, 0.2) is 24.3 Å². The van der Waals surface area contributed by atoms with E-state index in [-0.39, 0.29) is 12.2 Å². The molecule has 0 fully saturated rings. The van der Waals surface area contributed by atoms with Crippen LogP contribution in [0.25, 0.3) is 0 Å². The molecule has 0 aliphatic rings. The van der Waals surface area contributed by atoms with Crippen LogP contribution in [0.1, 0.15) is 34.1 Å². The summed E-state index contributed by atoms with van der Waals surface area (Å²) in [7, 11) is 0. The molecule has 0 spiro atoms. The van der Waals surface area contributed by atoms with E-state index in [1.807, 2.05) is 13.8 Å². The molecule has 1 unspecified atom stereocenters. The molecule has 0 bridgehead atoms. The highest BCUT2D eigenvalue weighted by molar-refractivity contribution is 5.94. The van der Waals surface area contributed by atoms with Gasteiger partial charge in [-0.05, 0) is 39.8 Å². The Bertz CT molecular complexity index is 298. The smallest absolute Gasteiger partial charge is 0.314 e. The molecule has 0 saturated carbocycles. The Hall–Kier alpha value is -1.38. The maximum atomic E-state index is 11.3. The van der Waals surface area contributed by atoms with Crippen molar-refractivity contribution in [2.24, 2.45) is 0 Å². The van der Waals surface area contributed by atoms with E-state index in [2.05, 4.69) is 6.58 Å². The number of esters is 1. The molecule has 3 nitrogen and oxygen atoms in total. The molecule has 0 heterocycles. The van der Waals surface area contributed by atoms with Gasteiger partial charge in [0.1, 0.15) is 17.8 Å². The quantitative estimate of drug-likeness (QED) is 0.397. The van der Waals surface area contributed by atoms with Gasteiger partial charge in [-0.3, -0.25) is 9.59 Å². The third-order valence-corrected chi connectivity index (χ3v) is 1.71. The Balaban J connectivity index is 4.58. The van der Waals surface area contributed by atoms with Gasteiger partial charge in [-0.2, -0.15) is 0 Å². The van der Waals surface area contributed by atoms with Crippen LogP contribution in [-0.4, -0.2) is 17.4 Å². The average molecular weight is 210 g/mol. The predicted molar refractivity (Wildman–Crippen MR) is 59.4 cm³/mol. The lowest BCUT2D eigenvalue weighted by Crippen LogP contribution is -2.28. The van der Waals surface area contributed by atoms with Crippen LogP contribution in [0.5, 0.6) is 0 Å². The summed E-state index contributed by atoms with van der Waals surface area (Å²) >= 11 is 0. The molecule has 0 aromatic carbocycles. The van der Waals surface area contributed by atoms with Gasteiger partial charge in [0.05, 0.1) is 0 Å². The first kappa shape index (κ1) is 13.6. The largest absolute Gasteiger partial charge is 0.450 e. The molecule has 0 aliphatic heterocycles. The van der Waals surface area contributed by atoms with E-state index in [1.54, 1.807) is 13.0 Å². The van der Waals surface area contributed by atoms with Crippen LogP contribution in [0.3, 0.4) is 0 Å². The number of rotatable bonds is 5. The number of hydrogen-bond donors (Lipinski definition) is 0. The minimum Gasteiger partial charge on any atom is -0.450 e. The summed E-state index contributed by atoms with van der Waals surface area (Å²) in [6.45, 7) is 10.5. The van der Waals surface area contributed by atoms with Crippen LogP contribution >= 0.6 is 0 Å². The highest BCUT2D eigenvalue weighted by Crippen LogP contribution is 2.17. The second-order valence-corrected chi connectivity index (χ2v) is 3.96. The fourth-order valence-corrected chi connectivity index (χ4v) is 1.19. The summed E-state index contributed by atoms with van der Waals surface area (Å²) in [5.41, 5.74) is 0.193. The third-order valence-electron chi connectivity index (χ3n) is 1.71. The Morgan fingerprint density at radius 1 is 1.33 bits per heavy atom. The Labute approximate surface area is 90.8 Å². The Morgan fingerprint density at radius 2 is 1.87 bits per heavy atom. The van der Waals surface area contributed by atoms with E-state index in [0.29, 0.717) is 0 Å². The molecule has 15 heavy (non-hydrogen) atoms. The molecule has 1 atom stereocenters. The molecule has 3 heteroatoms. The fraction of sp³-hybridized carbons (Fsp3) is 0.500. The van der Waals surface area contributed by atoms with Gasteiger partial charge in [-0.1, -0.05) is 12.2 Å². The summed E-state index contributed by atoms with van der Waals surface area (Å²) in [6, 6.07) is 0. The number of ether oxygens (including phenoxy) is 1. The standard InChI is InChI=1S/C12H18O3/c1-6-12(5,8-9(2)3)15-11(14)7-10(4)13/h6,8H,1,7H2,2-5H3. The SMILES string of the molecule is C=CC(C)(C=C(C)C)OC(=O)CC(C)=O. The summed E-state index contributed by atoms with van der Waals surface area (Å²) in [4.78, 5) is 22.0. The molecular formula is C12H18O3. The van der Waals surface area contributed by atoms with Gasteiger partial charge < -0.3 is 4.74 Å². The van der Waals surface area contributed by atoms with Crippen molar-refractivity contribution in [3.8, 4) is 0 Å². The number of allylic oxidation sites excluding steroid dienone is 1. The van der Waals surface area contributed by atoms with E-state index in [0.717, 1.165) is 5.57 Å². The van der Waals surface area contributed by atoms with Crippen molar-refractivity contribution in [3.63, 3.8) is 0 Å². The number of hydrogen-bond acceptors (Lipinski definition) is 3. The van der Waals surface area contributed by atoms with Gasteiger partial charge in [-0.25, -0.2) is 0 Å². The lowest BCUT2D eigenvalue weighted by molar-refractivity contribution is -0.152. The van der Waals surface area contributed by atoms with Crippen molar-refractivity contribution in [1.29, 1.82) is 0 Å². The van der Waals surface area contributed by atoms with Crippen LogP contribution in [0.4, 0.5) is 0 Å². The maximum absolute atomic E-state index is 11.3. The zero-order valence-electron chi connectivity index (χ0n) is 9.79. The van der Waals surface area contributed by atoms with Crippen molar-refractivity contribution in [2.45, 2.75) is 39.7 Å². The first-order valence-corrected chi connectivity index (χ1v) is 4.80. The van der Waals surface area contributed by atoms with Gasteiger partial charge >= 0.3 is 5.97 Å². The second kappa shape index (κ2) is 5.49. The second-order valence-electron chi connectivity index (χ2n) is 3.96. The zero-order chi connectivity index (χ0) is 12.1. The monoisotopic (exact) mass is 210 g/mol. The molecule has 0 N–H and O–H groups in total. The van der Waals surface area contributed by atoms with E-state index < -0.39 is 11.6 Å². The molecular weight excluding hydrogens is 192 g/mol. The number of carbonyl (C=O) groups is 2.